The lowest BCUT2D eigenvalue weighted by Gasteiger charge is -2.38. The Morgan fingerprint density at radius 2 is 1.87 bits per heavy atom. The third-order valence-corrected chi connectivity index (χ3v) is 4.25. The number of rotatable bonds is 3. The second-order valence-electron chi connectivity index (χ2n) is 5.44. The molecule has 0 aromatic heterocycles. The van der Waals surface area contributed by atoms with Gasteiger partial charge >= 0.3 is 0 Å². The van der Waals surface area contributed by atoms with Crippen molar-refractivity contribution >= 4 is 0 Å². The fourth-order valence-electron chi connectivity index (χ4n) is 3.07. The van der Waals surface area contributed by atoms with Gasteiger partial charge in [0.25, 0.3) is 0 Å². The van der Waals surface area contributed by atoms with Crippen molar-refractivity contribution in [2.45, 2.75) is 44.7 Å². The van der Waals surface area contributed by atoms with E-state index in [1.807, 2.05) is 0 Å². The molecule has 0 aromatic rings. The first-order chi connectivity index (χ1) is 7.18. The minimum atomic E-state index is 0.306. The molecule has 0 amide bonds. The van der Waals surface area contributed by atoms with E-state index in [4.69, 9.17) is 5.73 Å². The van der Waals surface area contributed by atoms with Gasteiger partial charge in [-0.2, -0.15) is 0 Å². The maximum Gasteiger partial charge on any atom is 0.0470 e. The zero-order chi connectivity index (χ0) is 10.9. The Labute approximate surface area is 93.6 Å². The molecule has 0 radical (unpaired) electrons. The van der Waals surface area contributed by atoms with Crippen LogP contribution in [0.2, 0.25) is 0 Å². The summed E-state index contributed by atoms with van der Waals surface area (Å²) in [7, 11) is 0. The van der Waals surface area contributed by atoms with Crippen molar-refractivity contribution in [2.75, 3.05) is 32.7 Å². The van der Waals surface area contributed by atoms with Crippen molar-refractivity contribution in [1.29, 1.82) is 0 Å². The Hall–Kier alpha value is -0.120. The van der Waals surface area contributed by atoms with Crippen molar-refractivity contribution in [1.82, 2.24) is 9.80 Å². The van der Waals surface area contributed by atoms with Gasteiger partial charge in [0.05, 0.1) is 0 Å². The van der Waals surface area contributed by atoms with Crippen molar-refractivity contribution < 1.29 is 0 Å². The van der Waals surface area contributed by atoms with E-state index in [0.29, 0.717) is 11.6 Å². The highest BCUT2D eigenvalue weighted by Crippen LogP contribution is 2.31. The van der Waals surface area contributed by atoms with Crippen molar-refractivity contribution in [3.8, 4) is 0 Å². The maximum absolute atomic E-state index is 6.04. The van der Waals surface area contributed by atoms with Crippen LogP contribution in [0.15, 0.2) is 0 Å². The molecular formula is C12H25N3. The molecule has 0 saturated carbocycles. The molecule has 1 atom stereocenters. The van der Waals surface area contributed by atoms with Crippen molar-refractivity contribution in [3.05, 3.63) is 0 Å². The average Bonchev–Trinajstić information content (AvgIpc) is 2.87. The summed E-state index contributed by atoms with van der Waals surface area (Å²) in [5.41, 5.74) is 6.35. The zero-order valence-electron chi connectivity index (χ0n) is 10.2. The molecule has 2 heterocycles. The van der Waals surface area contributed by atoms with Crippen LogP contribution in [0.25, 0.3) is 0 Å². The van der Waals surface area contributed by atoms with Gasteiger partial charge in [-0.3, -0.25) is 9.80 Å². The van der Waals surface area contributed by atoms with Crippen LogP contribution in [0.5, 0.6) is 0 Å². The molecule has 0 bridgehead atoms. The minimum Gasteiger partial charge on any atom is -0.329 e. The molecule has 1 unspecified atom stereocenters. The third kappa shape index (κ3) is 2.05. The van der Waals surface area contributed by atoms with E-state index >= 15 is 0 Å². The minimum absolute atomic E-state index is 0.306. The molecule has 2 aliphatic heterocycles. The van der Waals surface area contributed by atoms with Crippen LogP contribution in [0.4, 0.5) is 0 Å². The summed E-state index contributed by atoms with van der Waals surface area (Å²) in [6, 6.07) is 0.668. The van der Waals surface area contributed by atoms with E-state index in [0.717, 1.165) is 6.54 Å². The Morgan fingerprint density at radius 1 is 1.20 bits per heavy atom. The highest BCUT2D eigenvalue weighted by atomic mass is 15.3. The molecule has 2 N–H and O–H groups in total. The number of nitrogens with zero attached hydrogens (tertiary/aromatic N) is 2. The summed E-state index contributed by atoms with van der Waals surface area (Å²) in [6.07, 6.45) is 3.99. The summed E-state index contributed by atoms with van der Waals surface area (Å²) in [5, 5.41) is 0. The van der Waals surface area contributed by atoms with Crippen molar-refractivity contribution in [2.24, 2.45) is 5.73 Å². The van der Waals surface area contributed by atoms with Crippen LogP contribution in [0, 0.1) is 0 Å². The molecule has 2 fully saturated rings. The molecule has 0 spiro atoms. The van der Waals surface area contributed by atoms with E-state index in [1.54, 1.807) is 0 Å². The topological polar surface area (TPSA) is 32.5 Å². The summed E-state index contributed by atoms with van der Waals surface area (Å²) < 4.78 is 0. The second kappa shape index (κ2) is 4.40. The fraction of sp³-hybridized carbons (Fsp3) is 1.00. The van der Waals surface area contributed by atoms with Gasteiger partial charge < -0.3 is 5.73 Å². The fourth-order valence-corrected chi connectivity index (χ4v) is 3.07. The Morgan fingerprint density at radius 3 is 2.33 bits per heavy atom. The third-order valence-electron chi connectivity index (χ3n) is 4.25. The largest absolute Gasteiger partial charge is 0.329 e. The van der Waals surface area contributed by atoms with Crippen LogP contribution in [0.1, 0.15) is 33.1 Å². The van der Waals surface area contributed by atoms with Crippen LogP contribution in [-0.2, 0) is 0 Å². The van der Waals surface area contributed by atoms with Gasteiger partial charge in [-0.05, 0) is 46.2 Å². The number of nitrogens with two attached hydrogens (primary N) is 1. The Balaban J connectivity index is 2.03. The molecular weight excluding hydrogens is 186 g/mol. The molecule has 0 aromatic carbocycles. The van der Waals surface area contributed by atoms with Crippen LogP contribution in [-0.4, -0.2) is 54.1 Å². The Bertz CT molecular complexity index is 211. The number of hydrogen-bond acceptors (Lipinski definition) is 3. The second-order valence-corrected chi connectivity index (χ2v) is 5.44. The first kappa shape index (κ1) is 11.4. The SMILES string of the molecule is CC(C)N1CCC(CN)(N2CCCC2)C1. The smallest absolute Gasteiger partial charge is 0.0470 e. The molecule has 0 aliphatic carbocycles. The number of hydrogen-bond donors (Lipinski definition) is 1. The van der Waals surface area contributed by atoms with Gasteiger partial charge in [-0.25, -0.2) is 0 Å². The summed E-state index contributed by atoms with van der Waals surface area (Å²) >= 11 is 0. The molecule has 3 heteroatoms. The first-order valence-electron chi connectivity index (χ1n) is 6.37. The van der Waals surface area contributed by atoms with E-state index in [-0.39, 0.29) is 0 Å². The maximum atomic E-state index is 6.04. The monoisotopic (exact) mass is 211 g/mol. The molecule has 88 valence electrons. The van der Waals surface area contributed by atoms with Crippen molar-refractivity contribution in [3.63, 3.8) is 0 Å². The molecule has 3 nitrogen and oxygen atoms in total. The molecule has 2 aliphatic rings. The van der Waals surface area contributed by atoms with E-state index < -0.39 is 0 Å². The lowest BCUT2D eigenvalue weighted by molar-refractivity contribution is 0.121. The standard InChI is InChI=1S/C12H25N3/c1-11(2)14-8-5-12(9-13,10-14)15-6-3-4-7-15/h11H,3-10,13H2,1-2H3. The van der Waals surface area contributed by atoms with Gasteiger partial charge in [0.15, 0.2) is 0 Å². The van der Waals surface area contributed by atoms with E-state index in [9.17, 15) is 0 Å². The highest BCUT2D eigenvalue weighted by Gasteiger charge is 2.43. The summed E-state index contributed by atoms with van der Waals surface area (Å²) in [6.45, 7) is 10.3. The zero-order valence-corrected chi connectivity index (χ0v) is 10.2. The number of likely N-dealkylation sites (tertiary alicyclic amines) is 2. The predicted octanol–water partition coefficient (Wildman–Crippen LogP) is 0.894. The van der Waals surface area contributed by atoms with Gasteiger partial charge in [-0.1, -0.05) is 0 Å². The lowest BCUT2D eigenvalue weighted by atomic mass is 9.96. The molecule has 15 heavy (non-hydrogen) atoms. The van der Waals surface area contributed by atoms with E-state index in [1.165, 1.54) is 45.4 Å². The average molecular weight is 211 g/mol. The Kier molecular flexibility index (Phi) is 3.33. The quantitative estimate of drug-likeness (QED) is 0.752. The summed E-state index contributed by atoms with van der Waals surface area (Å²) in [4.78, 5) is 5.22. The van der Waals surface area contributed by atoms with E-state index in [2.05, 4.69) is 23.6 Å². The van der Waals surface area contributed by atoms with Gasteiger partial charge in [0.2, 0.25) is 0 Å². The highest BCUT2D eigenvalue weighted by molar-refractivity contribution is 5.01. The van der Waals surface area contributed by atoms with Gasteiger partial charge in [0, 0.05) is 31.2 Å². The van der Waals surface area contributed by atoms with Crippen LogP contribution in [0.3, 0.4) is 0 Å². The van der Waals surface area contributed by atoms with Crippen LogP contribution >= 0.6 is 0 Å². The van der Waals surface area contributed by atoms with Crippen LogP contribution < -0.4 is 5.73 Å². The normalized spacial score (nSPS) is 34.4. The first-order valence-corrected chi connectivity index (χ1v) is 6.37. The lowest BCUT2D eigenvalue weighted by Crippen LogP contribution is -2.54. The van der Waals surface area contributed by atoms with Gasteiger partial charge in [0.1, 0.15) is 0 Å². The summed E-state index contributed by atoms with van der Waals surface area (Å²) in [5.74, 6) is 0. The molecule has 2 rings (SSSR count). The predicted molar refractivity (Wildman–Crippen MR) is 63.9 cm³/mol. The van der Waals surface area contributed by atoms with Gasteiger partial charge in [-0.15, -0.1) is 0 Å². The molecule has 2 saturated heterocycles.